The molecule has 0 spiro atoms. The number of halogens is 1. The van der Waals surface area contributed by atoms with Crippen LogP contribution in [-0.2, 0) is 6.54 Å². The van der Waals surface area contributed by atoms with Crippen molar-refractivity contribution in [3.8, 4) is 16.9 Å². The van der Waals surface area contributed by atoms with Gasteiger partial charge >= 0.3 is 5.97 Å². The second kappa shape index (κ2) is 8.16. The van der Waals surface area contributed by atoms with Crippen LogP contribution in [0.15, 0.2) is 82.1 Å². The van der Waals surface area contributed by atoms with Crippen molar-refractivity contribution in [3.63, 3.8) is 0 Å². The second-order valence-corrected chi connectivity index (χ2v) is 7.70. The number of rotatable bonds is 5. The van der Waals surface area contributed by atoms with E-state index in [0.717, 1.165) is 15.6 Å². The van der Waals surface area contributed by atoms with E-state index in [0.29, 0.717) is 22.1 Å². The fraction of sp³-hybridized carbons (Fsp3) is 0.0833. The zero-order chi connectivity index (χ0) is 21.3. The molecule has 5 nitrogen and oxygen atoms in total. The van der Waals surface area contributed by atoms with E-state index >= 15 is 0 Å². The summed E-state index contributed by atoms with van der Waals surface area (Å²) in [6.07, 6.45) is 0. The molecule has 3 aromatic carbocycles. The minimum atomic E-state index is -1.16. The molecule has 30 heavy (non-hydrogen) atoms. The lowest BCUT2D eigenvalue weighted by Crippen LogP contribution is -2.28. The monoisotopic (exact) mass is 463 g/mol. The molecule has 0 saturated heterocycles. The summed E-state index contributed by atoms with van der Waals surface area (Å²) in [4.78, 5) is 25.8. The van der Waals surface area contributed by atoms with E-state index in [4.69, 9.17) is 4.74 Å². The molecule has 1 N–H and O–H groups in total. The molecule has 0 radical (unpaired) electrons. The van der Waals surface area contributed by atoms with Crippen LogP contribution in [0, 0.1) is 0 Å². The number of para-hydroxylation sites is 1. The van der Waals surface area contributed by atoms with Crippen molar-refractivity contribution >= 4 is 32.7 Å². The van der Waals surface area contributed by atoms with Crippen molar-refractivity contribution in [2.45, 2.75) is 6.54 Å². The number of benzene rings is 3. The highest BCUT2D eigenvalue weighted by atomic mass is 79.9. The van der Waals surface area contributed by atoms with Gasteiger partial charge in [0, 0.05) is 21.0 Å². The smallest absolute Gasteiger partial charge is 0.353 e. The zero-order valence-corrected chi connectivity index (χ0v) is 17.7. The maximum Gasteiger partial charge on any atom is 0.353 e. The second-order valence-electron chi connectivity index (χ2n) is 6.79. The lowest BCUT2D eigenvalue weighted by Gasteiger charge is -2.19. The van der Waals surface area contributed by atoms with Gasteiger partial charge in [-0.1, -0.05) is 64.5 Å². The first-order valence-electron chi connectivity index (χ1n) is 9.28. The topological polar surface area (TPSA) is 68.5 Å². The Bertz CT molecular complexity index is 1310. The number of carbonyl (C=O) groups is 1. The Morgan fingerprint density at radius 3 is 2.40 bits per heavy atom. The molecule has 0 aliphatic rings. The van der Waals surface area contributed by atoms with E-state index in [1.807, 2.05) is 48.5 Å². The van der Waals surface area contributed by atoms with Crippen LogP contribution in [0.1, 0.15) is 16.1 Å². The summed E-state index contributed by atoms with van der Waals surface area (Å²) in [5.74, 6) is -0.569. The molecule has 6 heteroatoms. The number of nitrogens with zero attached hydrogens (tertiary/aromatic N) is 1. The lowest BCUT2D eigenvalue weighted by molar-refractivity contribution is 0.0685. The number of ether oxygens (including phenoxy) is 1. The number of fused-ring (bicyclic) bond motifs is 1. The van der Waals surface area contributed by atoms with Crippen LogP contribution in [-0.4, -0.2) is 22.8 Å². The maximum absolute atomic E-state index is 13.4. The molecule has 4 rings (SSSR count). The summed E-state index contributed by atoms with van der Waals surface area (Å²) in [6, 6.07) is 21.8. The van der Waals surface area contributed by atoms with Gasteiger partial charge in [-0.25, -0.2) is 4.79 Å². The zero-order valence-electron chi connectivity index (χ0n) is 16.1. The third-order valence-corrected chi connectivity index (χ3v) is 5.51. The molecule has 0 saturated carbocycles. The van der Waals surface area contributed by atoms with Gasteiger partial charge in [0.05, 0.1) is 13.7 Å². The first-order valence-corrected chi connectivity index (χ1v) is 10.1. The van der Waals surface area contributed by atoms with Crippen LogP contribution in [0.3, 0.4) is 0 Å². The highest BCUT2D eigenvalue weighted by Crippen LogP contribution is 2.33. The molecule has 0 bridgehead atoms. The normalized spacial score (nSPS) is 10.9. The Labute approximate surface area is 181 Å². The Kier molecular flexibility index (Phi) is 5.42. The van der Waals surface area contributed by atoms with Crippen molar-refractivity contribution < 1.29 is 14.6 Å². The van der Waals surface area contributed by atoms with Gasteiger partial charge in [-0.05, 0) is 35.2 Å². The summed E-state index contributed by atoms with van der Waals surface area (Å²) in [6.45, 7) is 0.0797. The van der Waals surface area contributed by atoms with E-state index in [-0.39, 0.29) is 17.8 Å². The van der Waals surface area contributed by atoms with Gasteiger partial charge in [-0.2, -0.15) is 0 Å². The minimum absolute atomic E-state index is 0.0530. The average molecular weight is 464 g/mol. The van der Waals surface area contributed by atoms with Crippen LogP contribution in [0.4, 0.5) is 0 Å². The van der Waals surface area contributed by atoms with Gasteiger partial charge < -0.3 is 9.84 Å². The van der Waals surface area contributed by atoms with Crippen molar-refractivity contribution in [2.24, 2.45) is 0 Å². The summed E-state index contributed by atoms with van der Waals surface area (Å²) in [7, 11) is 1.55. The van der Waals surface area contributed by atoms with Gasteiger partial charge in [0.1, 0.15) is 11.4 Å². The first-order chi connectivity index (χ1) is 14.5. The molecule has 0 amide bonds. The molecule has 0 aliphatic carbocycles. The Morgan fingerprint density at radius 2 is 1.70 bits per heavy atom. The molecule has 0 aliphatic heterocycles. The van der Waals surface area contributed by atoms with Gasteiger partial charge in [0.2, 0.25) is 0 Å². The molecular formula is C24H18BrNO4. The van der Waals surface area contributed by atoms with Gasteiger partial charge in [0.15, 0.2) is 0 Å². The van der Waals surface area contributed by atoms with Crippen LogP contribution < -0.4 is 10.3 Å². The highest BCUT2D eigenvalue weighted by molar-refractivity contribution is 9.10. The van der Waals surface area contributed by atoms with Crippen molar-refractivity contribution in [1.82, 2.24) is 4.57 Å². The summed E-state index contributed by atoms with van der Waals surface area (Å²) in [5, 5.41) is 11.2. The number of pyridine rings is 1. The van der Waals surface area contributed by atoms with E-state index in [9.17, 15) is 14.7 Å². The molecule has 150 valence electrons. The fourth-order valence-electron chi connectivity index (χ4n) is 3.69. The average Bonchev–Trinajstić information content (AvgIpc) is 2.76. The number of carboxylic acids is 1. The first kappa shape index (κ1) is 19.9. The van der Waals surface area contributed by atoms with Crippen LogP contribution in [0.2, 0.25) is 0 Å². The van der Waals surface area contributed by atoms with Crippen LogP contribution in [0.25, 0.3) is 21.9 Å². The SMILES string of the molecule is COc1ccccc1Cn1c(C(=O)O)c(-c2ccccc2)c2cc(Br)ccc2c1=O. The van der Waals surface area contributed by atoms with Crippen molar-refractivity contribution in [1.29, 1.82) is 0 Å². The van der Waals surface area contributed by atoms with Crippen molar-refractivity contribution in [2.75, 3.05) is 7.11 Å². The lowest BCUT2D eigenvalue weighted by atomic mass is 9.96. The van der Waals surface area contributed by atoms with E-state index < -0.39 is 5.97 Å². The number of methoxy groups -OCH3 is 1. The Morgan fingerprint density at radius 1 is 1.00 bits per heavy atom. The molecule has 0 fully saturated rings. The molecule has 1 aromatic heterocycles. The predicted molar refractivity (Wildman–Crippen MR) is 120 cm³/mol. The standard InChI is InChI=1S/C24H18BrNO4/c1-30-20-10-6-5-9-16(20)14-26-22(24(28)29)21(15-7-3-2-4-8-15)19-13-17(25)11-12-18(19)23(26)27/h2-13H,14H2,1H3,(H,28,29). The quantitative estimate of drug-likeness (QED) is 0.442. The van der Waals surface area contributed by atoms with Gasteiger partial charge in [-0.3, -0.25) is 9.36 Å². The molecule has 0 atom stereocenters. The number of aromatic carboxylic acids is 1. The fourth-order valence-corrected chi connectivity index (χ4v) is 4.05. The Hall–Kier alpha value is -3.38. The number of carboxylic acid groups (broad SMARTS) is 1. The van der Waals surface area contributed by atoms with E-state index in [1.165, 1.54) is 4.57 Å². The number of hydrogen-bond acceptors (Lipinski definition) is 3. The number of aromatic nitrogens is 1. The Balaban J connectivity index is 2.12. The van der Waals surface area contributed by atoms with E-state index in [2.05, 4.69) is 15.9 Å². The van der Waals surface area contributed by atoms with Gasteiger partial charge in [0.25, 0.3) is 5.56 Å². The van der Waals surface area contributed by atoms with Crippen molar-refractivity contribution in [3.05, 3.63) is 98.9 Å². The number of hydrogen-bond donors (Lipinski definition) is 1. The summed E-state index contributed by atoms with van der Waals surface area (Å²) >= 11 is 3.44. The summed E-state index contributed by atoms with van der Waals surface area (Å²) < 4.78 is 7.49. The third-order valence-electron chi connectivity index (χ3n) is 5.02. The highest BCUT2D eigenvalue weighted by Gasteiger charge is 2.23. The largest absolute Gasteiger partial charge is 0.496 e. The summed E-state index contributed by atoms with van der Waals surface area (Å²) in [5.41, 5.74) is 1.55. The minimum Gasteiger partial charge on any atom is -0.496 e. The molecular weight excluding hydrogens is 446 g/mol. The van der Waals surface area contributed by atoms with E-state index in [1.54, 1.807) is 31.4 Å². The molecule has 4 aromatic rings. The van der Waals surface area contributed by atoms with Crippen LogP contribution in [0.5, 0.6) is 5.75 Å². The third kappa shape index (κ3) is 3.50. The van der Waals surface area contributed by atoms with Crippen LogP contribution >= 0.6 is 15.9 Å². The predicted octanol–water partition coefficient (Wildman–Crippen LogP) is 5.19. The molecule has 0 unspecified atom stereocenters. The molecule has 1 heterocycles. The maximum atomic E-state index is 13.4. The van der Waals surface area contributed by atoms with Gasteiger partial charge in [-0.15, -0.1) is 0 Å².